The van der Waals surface area contributed by atoms with E-state index < -0.39 is 5.92 Å². The highest BCUT2D eigenvalue weighted by molar-refractivity contribution is 5.75. The number of fused-ring (bicyclic) bond motifs is 3. The van der Waals surface area contributed by atoms with Crippen LogP contribution in [0.3, 0.4) is 0 Å². The molecule has 0 saturated carbocycles. The van der Waals surface area contributed by atoms with Gasteiger partial charge in [0.15, 0.2) is 0 Å². The molecule has 26 heavy (non-hydrogen) atoms. The molecule has 0 spiro atoms. The lowest BCUT2D eigenvalue weighted by Crippen LogP contribution is -2.43. The van der Waals surface area contributed by atoms with Gasteiger partial charge in [-0.2, -0.15) is 0 Å². The summed E-state index contributed by atoms with van der Waals surface area (Å²) in [7, 11) is 0. The molecule has 0 aromatic rings. The first kappa shape index (κ1) is 18.4. The van der Waals surface area contributed by atoms with Gasteiger partial charge in [-0.05, 0) is 39.5 Å². The Morgan fingerprint density at radius 2 is 2.00 bits per heavy atom. The van der Waals surface area contributed by atoms with Crippen molar-refractivity contribution in [3.05, 3.63) is 11.6 Å². The van der Waals surface area contributed by atoms with E-state index in [9.17, 15) is 13.6 Å². The molecule has 5 atom stereocenters. The fraction of sp³-hybridized carbons (Fsp3) is 0.850. The third kappa shape index (κ3) is 3.55. The number of rotatable bonds is 2. The molecule has 4 aliphatic rings. The molecule has 3 heterocycles. The van der Waals surface area contributed by atoms with Crippen molar-refractivity contribution in [1.29, 1.82) is 0 Å². The van der Waals surface area contributed by atoms with Gasteiger partial charge in [0.25, 0.3) is 5.92 Å². The fourth-order valence-corrected chi connectivity index (χ4v) is 4.89. The number of hydrogen-bond donors (Lipinski definition) is 0. The van der Waals surface area contributed by atoms with E-state index in [0.29, 0.717) is 19.6 Å². The van der Waals surface area contributed by atoms with E-state index in [0.717, 1.165) is 25.7 Å². The lowest BCUT2D eigenvalue weighted by Gasteiger charge is -2.33. The number of likely N-dealkylation sites (tertiary alicyclic amines) is 1. The van der Waals surface area contributed by atoms with Gasteiger partial charge in [-0.1, -0.05) is 11.6 Å². The topological polar surface area (TPSA) is 42.1 Å². The number of alkyl halides is 2. The number of nitrogens with zero attached hydrogens (tertiary/aromatic N) is 1. The summed E-state index contributed by atoms with van der Waals surface area (Å²) in [4.78, 5) is 14.6. The molecule has 6 heteroatoms. The summed E-state index contributed by atoms with van der Waals surface area (Å²) in [6.45, 7) is 5.48. The number of piperidine rings is 1. The Kier molecular flexibility index (Phi) is 4.63. The van der Waals surface area contributed by atoms with E-state index in [2.05, 4.69) is 19.9 Å². The number of carbonyl (C=O) groups is 1. The molecule has 146 valence electrons. The van der Waals surface area contributed by atoms with Gasteiger partial charge < -0.3 is 14.4 Å². The zero-order valence-electron chi connectivity index (χ0n) is 15.7. The second-order valence-electron chi connectivity index (χ2n) is 8.81. The average Bonchev–Trinajstić information content (AvgIpc) is 3.14. The summed E-state index contributed by atoms with van der Waals surface area (Å²) in [6, 6.07) is 0. The van der Waals surface area contributed by atoms with Gasteiger partial charge in [0.05, 0.1) is 11.5 Å². The monoisotopic (exact) mass is 369 g/mol. The van der Waals surface area contributed by atoms with E-state index in [1.54, 1.807) is 0 Å². The van der Waals surface area contributed by atoms with Crippen LogP contribution in [-0.4, -0.2) is 54.2 Å². The lowest BCUT2D eigenvalue weighted by molar-refractivity contribution is -0.145. The molecule has 3 saturated heterocycles. The summed E-state index contributed by atoms with van der Waals surface area (Å²) in [6.07, 6.45) is 5.64. The minimum absolute atomic E-state index is 0.0149. The highest BCUT2D eigenvalue weighted by Gasteiger charge is 2.62. The third-order valence-corrected chi connectivity index (χ3v) is 6.78. The van der Waals surface area contributed by atoms with E-state index in [-0.39, 0.29) is 48.5 Å². The van der Waals surface area contributed by atoms with Crippen LogP contribution in [0.1, 0.15) is 52.4 Å². The van der Waals surface area contributed by atoms with E-state index in [1.165, 1.54) is 5.57 Å². The van der Waals surface area contributed by atoms with Crippen molar-refractivity contribution in [2.24, 2.45) is 11.8 Å². The van der Waals surface area contributed by atoms with Crippen LogP contribution >= 0.6 is 0 Å². The van der Waals surface area contributed by atoms with Crippen LogP contribution in [-0.2, 0) is 14.3 Å². The quantitative estimate of drug-likeness (QED) is 0.424. The standard InChI is InChI=1S/C20H29F2NO3/c1-13-4-3-7-19(2)17(26-19)16-14(6-5-13)15(18(24)25-16)12-23-10-8-20(21,22)9-11-23/h4,14-17H,3,5-12H2,1-2H3/t14-,15-,16-,17+,19+/m0/s1. The van der Waals surface area contributed by atoms with Crippen molar-refractivity contribution in [1.82, 2.24) is 4.90 Å². The van der Waals surface area contributed by atoms with Crippen LogP contribution in [0, 0.1) is 11.8 Å². The van der Waals surface area contributed by atoms with Crippen molar-refractivity contribution in [3.63, 3.8) is 0 Å². The zero-order chi connectivity index (χ0) is 18.5. The molecule has 4 nitrogen and oxygen atoms in total. The predicted octanol–water partition coefficient (Wildman–Crippen LogP) is 3.55. The van der Waals surface area contributed by atoms with Crippen molar-refractivity contribution >= 4 is 5.97 Å². The van der Waals surface area contributed by atoms with E-state index in [4.69, 9.17) is 9.47 Å². The normalized spacial score (nSPS) is 43.1. The Bertz CT molecular complexity index is 598. The Morgan fingerprint density at radius 1 is 1.27 bits per heavy atom. The summed E-state index contributed by atoms with van der Waals surface area (Å²) in [5, 5.41) is 0. The molecule has 0 radical (unpaired) electrons. The molecular formula is C20H29F2NO3. The molecule has 0 N–H and O–H groups in total. The summed E-state index contributed by atoms with van der Waals surface area (Å²) >= 11 is 0. The highest BCUT2D eigenvalue weighted by atomic mass is 19.3. The third-order valence-electron chi connectivity index (χ3n) is 6.78. The number of epoxide rings is 1. The Hall–Kier alpha value is -1.01. The predicted molar refractivity (Wildman–Crippen MR) is 93.0 cm³/mol. The average molecular weight is 369 g/mol. The lowest BCUT2D eigenvalue weighted by atomic mass is 9.80. The van der Waals surface area contributed by atoms with Crippen LogP contribution in [0.15, 0.2) is 11.6 Å². The SMILES string of the molecule is CC1=CCC[C@@]2(C)O[C@@H]2[C@H]2OC(=O)[C@@H](CN3CCC(F)(F)CC3)[C@@H]2CC1. The Balaban J connectivity index is 1.48. The van der Waals surface area contributed by atoms with Crippen molar-refractivity contribution < 1.29 is 23.0 Å². The second kappa shape index (κ2) is 6.55. The van der Waals surface area contributed by atoms with Gasteiger partial charge in [0, 0.05) is 38.4 Å². The van der Waals surface area contributed by atoms with Crippen molar-refractivity contribution in [3.8, 4) is 0 Å². The number of hydrogen-bond acceptors (Lipinski definition) is 4. The number of halogens is 2. The van der Waals surface area contributed by atoms with E-state index >= 15 is 0 Å². The van der Waals surface area contributed by atoms with Gasteiger partial charge in [0.1, 0.15) is 12.2 Å². The molecule has 0 bridgehead atoms. The van der Waals surface area contributed by atoms with Crippen LogP contribution in [0.4, 0.5) is 8.78 Å². The maximum atomic E-state index is 13.4. The molecule has 0 aromatic heterocycles. The minimum Gasteiger partial charge on any atom is -0.459 e. The second-order valence-corrected chi connectivity index (χ2v) is 8.81. The first-order valence-corrected chi connectivity index (χ1v) is 9.92. The van der Waals surface area contributed by atoms with Crippen molar-refractivity contribution in [2.75, 3.05) is 19.6 Å². The van der Waals surface area contributed by atoms with Crippen LogP contribution in [0.5, 0.6) is 0 Å². The number of allylic oxidation sites excluding steroid dienone is 2. The Morgan fingerprint density at radius 3 is 2.73 bits per heavy atom. The number of ether oxygens (including phenoxy) is 2. The van der Waals surface area contributed by atoms with Gasteiger partial charge in [0.2, 0.25) is 0 Å². The molecule has 3 fully saturated rings. The largest absolute Gasteiger partial charge is 0.459 e. The fourth-order valence-electron chi connectivity index (χ4n) is 4.89. The first-order chi connectivity index (χ1) is 12.3. The molecule has 3 aliphatic heterocycles. The molecule has 1 aliphatic carbocycles. The molecule has 0 amide bonds. The summed E-state index contributed by atoms with van der Waals surface area (Å²) in [5.41, 5.74) is 1.15. The molecular weight excluding hydrogens is 340 g/mol. The first-order valence-electron chi connectivity index (χ1n) is 9.92. The maximum Gasteiger partial charge on any atom is 0.311 e. The van der Waals surface area contributed by atoms with Crippen LogP contribution in [0.2, 0.25) is 0 Å². The van der Waals surface area contributed by atoms with Gasteiger partial charge in [-0.25, -0.2) is 8.78 Å². The van der Waals surface area contributed by atoms with Crippen LogP contribution in [0.25, 0.3) is 0 Å². The molecule has 0 unspecified atom stereocenters. The van der Waals surface area contributed by atoms with Gasteiger partial charge in [-0.15, -0.1) is 0 Å². The number of carbonyl (C=O) groups excluding carboxylic acids is 1. The van der Waals surface area contributed by atoms with Gasteiger partial charge >= 0.3 is 5.97 Å². The van der Waals surface area contributed by atoms with Crippen molar-refractivity contribution in [2.45, 2.75) is 76.1 Å². The molecule has 4 rings (SSSR count). The minimum atomic E-state index is -2.56. The van der Waals surface area contributed by atoms with Crippen LogP contribution < -0.4 is 0 Å². The van der Waals surface area contributed by atoms with Gasteiger partial charge in [-0.3, -0.25) is 4.79 Å². The maximum absolute atomic E-state index is 13.4. The summed E-state index contributed by atoms with van der Waals surface area (Å²) < 4.78 is 38.6. The summed E-state index contributed by atoms with van der Waals surface area (Å²) in [5.74, 6) is -2.85. The number of esters is 1. The highest BCUT2D eigenvalue weighted by Crippen LogP contribution is 2.50. The smallest absolute Gasteiger partial charge is 0.311 e. The zero-order valence-corrected chi connectivity index (χ0v) is 15.7. The van der Waals surface area contributed by atoms with E-state index in [1.807, 2.05) is 4.90 Å². The Labute approximate surface area is 153 Å². The molecule has 0 aromatic carbocycles.